The van der Waals surface area contributed by atoms with Gasteiger partial charge in [-0.25, -0.2) is 0 Å². The molecule has 0 spiro atoms. The molecule has 1 N–H and O–H groups in total. The molecule has 0 bridgehead atoms. The summed E-state index contributed by atoms with van der Waals surface area (Å²) in [5, 5.41) is 3.42. The van der Waals surface area contributed by atoms with E-state index in [0.717, 1.165) is 6.54 Å². The Morgan fingerprint density at radius 2 is 1.83 bits per heavy atom. The molecule has 0 aliphatic rings. The van der Waals surface area contributed by atoms with Crippen molar-refractivity contribution in [2.75, 3.05) is 12.3 Å². The van der Waals surface area contributed by atoms with Crippen LogP contribution in [0.3, 0.4) is 0 Å². The maximum Gasteiger partial charge on any atom is 0.00751 e. The Balaban J connectivity index is 3.12. The van der Waals surface area contributed by atoms with Crippen LogP contribution in [0.4, 0.5) is 0 Å². The van der Waals surface area contributed by atoms with Gasteiger partial charge in [-0.3, -0.25) is 0 Å². The highest BCUT2D eigenvalue weighted by Crippen LogP contribution is 2.23. The minimum absolute atomic E-state index is 0.428. The van der Waals surface area contributed by atoms with Crippen LogP contribution in [0.1, 0.15) is 41.0 Å². The number of nitrogens with one attached hydrogen (secondary N) is 1. The molecule has 0 heterocycles. The van der Waals surface area contributed by atoms with Crippen LogP contribution < -0.4 is 5.32 Å². The molecule has 0 aromatic heterocycles. The monoisotopic (exact) mass is 189 g/mol. The maximum atomic E-state index is 3.42. The van der Waals surface area contributed by atoms with Crippen molar-refractivity contribution >= 4 is 11.8 Å². The van der Waals surface area contributed by atoms with Gasteiger partial charge in [0.1, 0.15) is 0 Å². The Bertz CT molecular complexity index is 105. The van der Waals surface area contributed by atoms with Crippen LogP contribution in [-0.2, 0) is 0 Å². The predicted octanol–water partition coefficient (Wildman–Crippen LogP) is 2.91. The zero-order valence-corrected chi connectivity index (χ0v) is 9.92. The molecule has 0 aromatic carbocycles. The molecular formula is C10H23NS. The molecule has 0 aliphatic carbocycles. The quantitative estimate of drug-likeness (QED) is 0.667. The van der Waals surface area contributed by atoms with Gasteiger partial charge in [0.25, 0.3) is 0 Å². The van der Waals surface area contributed by atoms with Gasteiger partial charge in [0, 0.05) is 10.8 Å². The average Bonchev–Trinajstić information content (AvgIpc) is 1.83. The summed E-state index contributed by atoms with van der Waals surface area (Å²) in [5.74, 6) is 1.27. The molecule has 0 saturated carbocycles. The van der Waals surface area contributed by atoms with E-state index in [4.69, 9.17) is 0 Å². The summed E-state index contributed by atoms with van der Waals surface area (Å²) >= 11 is 2.05. The summed E-state index contributed by atoms with van der Waals surface area (Å²) in [6.45, 7) is 12.4. The van der Waals surface area contributed by atoms with E-state index in [2.05, 4.69) is 39.9 Å². The Labute approximate surface area is 81.7 Å². The Morgan fingerprint density at radius 3 is 2.25 bits per heavy atom. The van der Waals surface area contributed by atoms with Crippen molar-refractivity contribution in [3.8, 4) is 0 Å². The summed E-state index contributed by atoms with van der Waals surface area (Å²) in [6.07, 6.45) is 1.28. The van der Waals surface area contributed by atoms with E-state index in [9.17, 15) is 0 Å². The van der Waals surface area contributed by atoms with Crippen molar-refractivity contribution in [2.24, 2.45) is 0 Å². The standard InChI is InChI=1S/C10H23NS/c1-9(2)11-7-6-8-12-10(3,4)5/h9,11H,6-8H2,1-5H3. The molecule has 0 rings (SSSR count). The summed E-state index contributed by atoms with van der Waals surface area (Å²) in [4.78, 5) is 0. The van der Waals surface area contributed by atoms with Gasteiger partial charge < -0.3 is 5.32 Å². The topological polar surface area (TPSA) is 12.0 Å². The van der Waals surface area contributed by atoms with Gasteiger partial charge in [0.05, 0.1) is 0 Å². The minimum atomic E-state index is 0.428. The second kappa shape index (κ2) is 5.87. The van der Waals surface area contributed by atoms with Crippen LogP contribution in [0.25, 0.3) is 0 Å². The zero-order chi connectivity index (χ0) is 9.61. The van der Waals surface area contributed by atoms with Crippen LogP contribution in [0.2, 0.25) is 0 Å². The first kappa shape index (κ1) is 12.3. The van der Waals surface area contributed by atoms with Gasteiger partial charge in [-0.15, -0.1) is 0 Å². The van der Waals surface area contributed by atoms with E-state index in [1.807, 2.05) is 11.8 Å². The Kier molecular flexibility index (Phi) is 6.02. The zero-order valence-electron chi connectivity index (χ0n) is 9.11. The third-order valence-electron chi connectivity index (χ3n) is 1.41. The van der Waals surface area contributed by atoms with Gasteiger partial charge in [0.15, 0.2) is 0 Å². The van der Waals surface area contributed by atoms with Gasteiger partial charge in [0.2, 0.25) is 0 Å². The normalized spacial score (nSPS) is 12.5. The first-order valence-electron chi connectivity index (χ1n) is 4.79. The van der Waals surface area contributed by atoms with E-state index >= 15 is 0 Å². The van der Waals surface area contributed by atoms with E-state index in [1.54, 1.807) is 0 Å². The summed E-state index contributed by atoms with van der Waals surface area (Å²) < 4.78 is 0.428. The number of rotatable bonds is 5. The van der Waals surface area contributed by atoms with Gasteiger partial charge in [-0.1, -0.05) is 34.6 Å². The molecule has 0 saturated heterocycles. The fourth-order valence-corrected chi connectivity index (χ4v) is 1.74. The molecule has 0 fully saturated rings. The summed E-state index contributed by atoms with van der Waals surface area (Å²) in [7, 11) is 0. The van der Waals surface area contributed by atoms with E-state index in [0.29, 0.717) is 10.8 Å². The van der Waals surface area contributed by atoms with Crippen molar-refractivity contribution in [3.63, 3.8) is 0 Å². The molecule has 0 aromatic rings. The largest absolute Gasteiger partial charge is 0.315 e. The van der Waals surface area contributed by atoms with Crippen molar-refractivity contribution in [1.82, 2.24) is 5.32 Å². The van der Waals surface area contributed by atoms with E-state index < -0.39 is 0 Å². The average molecular weight is 189 g/mol. The van der Waals surface area contributed by atoms with Crippen LogP contribution in [0.15, 0.2) is 0 Å². The van der Waals surface area contributed by atoms with Crippen molar-refractivity contribution in [1.29, 1.82) is 0 Å². The van der Waals surface area contributed by atoms with Gasteiger partial charge >= 0.3 is 0 Å². The number of hydrogen-bond acceptors (Lipinski definition) is 2. The molecular weight excluding hydrogens is 166 g/mol. The van der Waals surface area contributed by atoms with Gasteiger partial charge in [-0.2, -0.15) is 11.8 Å². The lowest BCUT2D eigenvalue weighted by Crippen LogP contribution is -2.24. The predicted molar refractivity (Wildman–Crippen MR) is 60.0 cm³/mol. The van der Waals surface area contributed by atoms with Crippen molar-refractivity contribution < 1.29 is 0 Å². The van der Waals surface area contributed by atoms with Crippen LogP contribution in [0.5, 0.6) is 0 Å². The fraction of sp³-hybridized carbons (Fsp3) is 1.00. The SMILES string of the molecule is CC(C)NCCCSC(C)(C)C. The summed E-state index contributed by atoms with van der Waals surface area (Å²) in [6, 6.07) is 0.629. The molecule has 0 atom stereocenters. The minimum Gasteiger partial charge on any atom is -0.315 e. The first-order valence-corrected chi connectivity index (χ1v) is 5.78. The first-order chi connectivity index (χ1) is 5.42. The van der Waals surface area contributed by atoms with Crippen molar-refractivity contribution in [2.45, 2.75) is 51.8 Å². The number of hydrogen-bond donors (Lipinski definition) is 1. The summed E-state index contributed by atoms with van der Waals surface area (Å²) in [5.41, 5.74) is 0. The Morgan fingerprint density at radius 1 is 1.25 bits per heavy atom. The highest BCUT2D eigenvalue weighted by atomic mass is 32.2. The third-order valence-corrected chi connectivity index (χ3v) is 2.77. The van der Waals surface area contributed by atoms with E-state index in [1.165, 1.54) is 12.2 Å². The molecule has 0 radical (unpaired) electrons. The lowest BCUT2D eigenvalue weighted by Gasteiger charge is -2.17. The molecule has 2 heteroatoms. The van der Waals surface area contributed by atoms with Gasteiger partial charge in [-0.05, 0) is 18.7 Å². The second-order valence-electron chi connectivity index (χ2n) is 4.42. The molecule has 0 unspecified atom stereocenters. The van der Waals surface area contributed by atoms with E-state index in [-0.39, 0.29) is 0 Å². The smallest absolute Gasteiger partial charge is 0.00751 e. The maximum absolute atomic E-state index is 3.42. The molecule has 74 valence electrons. The lowest BCUT2D eigenvalue weighted by molar-refractivity contribution is 0.585. The van der Waals surface area contributed by atoms with Crippen LogP contribution in [-0.4, -0.2) is 23.1 Å². The highest BCUT2D eigenvalue weighted by Gasteiger charge is 2.08. The third kappa shape index (κ3) is 10.3. The highest BCUT2D eigenvalue weighted by molar-refractivity contribution is 8.00. The lowest BCUT2D eigenvalue weighted by atomic mass is 10.3. The molecule has 1 nitrogen and oxygen atoms in total. The van der Waals surface area contributed by atoms with Crippen LogP contribution in [0, 0.1) is 0 Å². The molecule has 0 amide bonds. The van der Waals surface area contributed by atoms with Crippen molar-refractivity contribution in [3.05, 3.63) is 0 Å². The molecule has 12 heavy (non-hydrogen) atoms. The molecule has 0 aliphatic heterocycles. The fourth-order valence-electron chi connectivity index (χ4n) is 0.841. The van der Waals surface area contributed by atoms with Crippen LogP contribution >= 0.6 is 11.8 Å². The number of thioether (sulfide) groups is 1. The second-order valence-corrected chi connectivity index (χ2v) is 6.34. The Hall–Kier alpha value is 0.310.